The Bertz CT molecular complexity index is 851. The van der Waals surface area contributed by atoms with Crippen LogP contribution in [0.5, 0.6) is 0 Å². The molecular weight excluding hydrogens is 374 g/mol. The Balaban J connectivity index is 1.71. The number of imide groups is 1. The minimum absolute atomic E-state index is 0.169. The highest BCUT2D eigenvalue weighted by atomic mass is 32.1. The second-order valence-electron chi connectivity index (χ2n) is 7.62. The molecule has 0 saturated carbocycles. The SMILES string of the molecule is CC(C)CC(NC(=O)CN1C(=O)NC(C)(c2ccsc2)C1=O)c1ccccc1. The lowest BCUT2D eigenvalue weighted by atomic mass is 9.95. The first-order valence-corrected chi connectivity index (χ1v) is 10.3. The van der Waals surface area contributed by atoms with E-state index in [1.807, 2.05) is 41.1 Å². The molecule has 2 heterocycles. The quantitative estimate of drug-likeness (QED) is 0.700. The van der Waals surface area contributed by atoms with Crippen LogP contribution < -0.4 is 10.6 Å². The second kappa shape index (κ2) is 8.14. The second-order valence-corrected chi connectivity index (χ2v) is 8.40. The van der Waals surface area contributed by atoms with Crippen molar-refractivity contribution >= 4 is 29.2 Å². The average Bonchev–Trinajstić information content (AvgIpc) is 3.26. The molecule has 2 unspecified atom stereocenters. The highest BCUT2D eigenvalue weighted by molar-refractivity contribution is 7.08. The highest BCUT2D eigenvalue weighted by Gasteiger charge is 2.49. The molecule has 0 aliphatic carbocycles. The maximum atomic E-state index is 12.9. The summed E-state index contributed by atoms with van der Waals surface area (Å²) in [6.45, 7) is 5.54. The van der Waals surface area contributed by atoms with Crippen LogP contribution in [0, 0.1) is 5.92 Å². The number of hydrogen-bond acceptors (Lipinski definition) is 4. The van der Waals surface area contributed by atoms with Crippen LogP contribution in [0.15, 0.2) is 47.2 Å². The van der Waals surface area contributed by atoms with Crippen molar-refractivity contribution in [2.24, 2.45) is 5.92 Å². The number of thiophene rings is 1. The number of nitrogens with zero attached hydrogens (tertiary/aromatic N) is 1. The maximum Gasteiger partial charge on any atom is 0.325 e. The van der Waals surface area contributed by atoms with Crippen LogP contribution in [0.4, 0.5) is 4.79 Å². The van der Waals surface area contributed by atoms with Gasteiger partial charge in [0.2, 0.25) is 5.91 Å². The summed E-state index contributed by atoms with van der Waals surface area (Å²) in [5, 5.41) is 9.39. The van der Waals surface area contributed by atoms with E-state index in [4.69, 9.17) is 0 Å². The summed E-state index contributed by atoms with van der Waals surface area (Å²) >= 11 is 1.45. The van der Waals surface area contributed by atoms with Crippen LogP contribution in [-0.4, -0.2) is 29.3 Å². The largest absolute Gasteiger partial charge is 0.348 e. The van der Waals surface area contributed by atoms with E-state index in [1.165, 1.54) is 11.3 Å². The fourth-order valence-electron chi connectivity index (χ4n) is 3.40. The molecule has 2 N–H and O–H groups in total. The fourth-order valence-corrected chi connectivity index (χ4v) is 4.17. The molecule has 1 aromatic heterocycles. The standard InChI is InChI=1S/C21H25N3O3S/c1-14(2)11-17(15-7-5-4-6-8-15)22-18(25)12-24-19(26)21(3,23-20(24)27)16-9-10-28-13-16/h4-10,13-14,17H,11-12H2,1-3H3,(H,22,25)(H,23,27). The first-order chi connectivity index (χ1) is 13.3. The fraction of sp³-hybridized carbons (Fsp3) is 0.381. The van der Waals surface area contributed by atoms with Gasteiger partial charge in [-0.15, -0.1) is 0 Å². The molecule has 2 aromatic rings. The van der Waals surface area contributed by atoms with Gasteiger partial charge in [0.05, 0.1) is 6.04 Å². The van der Waals surface area contributed by atoms with Gasteiger partial charge in [0.15, 0.2) is 0 Å². The molecule has 3 rings (SSSR count). The molecule has 1 aliphatic rings. The summed E-state index contributed by atoms with van der Waals surface area (Å²) in [6.07, 6.45) is 0.766. The summed E-state index contributed by atoms with van der Waals surface area (Å²) in [5.41, 5.74) is 0.597. The summed E-state index contributed by atoms with van der Waals surface area (Å²) in [5.74, 6) is -0.386. The summed E-state index contributed by atoms with van der Waals surface area (Å²) < 4.78 is 0. The molecule has 148 valence electrons. The van der Waals surface area contributed by atoms with Gasteiger partial charge in [0.1, 0.15) is 12.1 Å². The lowest BCUT2D eigenvalue weighted by Gasteiger charge is -2.23. The van der Waals surface area contributed by atoms with Crippen LogP contribution in [0.25, 0.3) is 0 Å². The molecule has 1 aliphatic heterocycles. The topological polar surface area (TPSA) is 78.5 Å². The Morgan fingerprint density at radius 1 is 1.21 bits per heavy atom. The van der Waals surface area contributed by atoms with Gasteiger partial charge in [-0.1, -0.05) is 44.2 Å². The van der Waals surface area contributed by atoms with Crippen LogP contribution >= 0.6 is 11.3 Å². The molecule has 1 saturated heterocycles. The number of hydrogen-bond donors (Lipinski definition) is 2. The third-order valence-electron chi connectivity index (χ3n) is 4.92. The molecule has 0 spiro atoms. The van der Waals surface area contributed by atoms with Crippen molar-refractivity contribution in [2.75, 3.05) is 6.54 Å². The molecule has 0 bridgehead atoms. The number of nitrogens with one attached hydrogen (secondary N) is 2. The van der Waals surface area contributed by atoms with Crippen LogP contribution in [0.1, 0.15) is 44.4 Å². The zero-order valence-electron chi connectivity index (χ0n) is 16.3. The molecule has 1 aromatic carbocycles. The van der Waals surface area contributed by atoms with Crippen LogP contribution in [0.2, 0.25) is 0 Å². The van der Waals surface area contributed by atoms with E-state index in [0.29, 0.717) is 5.92 Å². The zero-order chi connectivity index (χ0) is 20.3. The Morgan fingerprint density at radius 2 is 1.93 bits per heavy atom. The Hall–Kier alpha value is -2.67. The minimum Gasteiger partial charge on any atom is -0.348 e. The van der Waals surface area contributed by atoms with Crippen molar-refractivity contribution in [3.63, 3.8) is 0 Å². The molecule has 2 atom stereocenters. The van der Waals surface area contributed by atoms with Gasteiger partial charge < -0.3 is 10.6 Å². The van der Waals surface area contributed by atoms with Gasteiger partial charge in [0, 0.05) is 0 Å². The molecule has 1 fully saturated rings. The van der Waals surface area contributed by atoms with Gasteiger partial charge in [-0.05, 0) is 47.2 Å². The molecule has 28 heavy (non-hydrogen) atoms. The average molecular weight is 400 g/mol. The number of carbonyl (C=O) groups excluding carboxylic acids is 3. The number of carbonyl (C=O) groups is 3. The van der Waals surface area contributed by atoms with E-state index >= 15 is 0 Å². The number of urea groups is 1. The molecule has 7 heteroatoms. The number of benzene rings is 1. The smallest absolute Gasteiger partial charge is 0.325 e. The van der Waals surface area contributed by atoms with E-state index < -0.39 is 17.5 Å². The van der Waals surface area contributed by atoms with E-state index in [2.05, 4.69) is 24.5 Å². The molecule has 0 radical (unpaired) electrons. The summed E-state index contributed by atoms with van der Waals surface area (Å²) in [7, 11) is 0. The van der Waals surface area contributed by atoms with Gasteiger partial charge in [0.25, 0.3) is 5.91 Å². The first-order valence-electron chi connectivity index (χ1n) is 9.32. The van der Waals surface area contributed by atoms with Gasteiger partial charge in [-0.25, -0.2) is 4.79 Å². The number of amides is 4. The van der Waals surface area contributed by atoms with Gasteiger partial charge in [-0.2, -0.15) is 11.3 Å². The Morgan fingerprint density at radius 3 is 2.54 bits per heavy atom. The van der Waals surface area contributed by atoms with E-state index in [0.717, 1.165) is 22.4 Å². The van der Waals surface area contributed by atoms with Crippen molar-refractivity contribution in [1.29, 1.82) is 0 Å². The predicted molar refractivity (Wildman–Crippen MR) is 109 cm³/mol. The Kier molecular flexibility index (Phi) is 5.84. The van der Waals surface area contributed by atoms with Crippen LogP contribution in [0.3, 0.4) is 0 Å². The lowest BCUT2D eigenvalue weighted by Crippen LogP contribution is -2.43. The van der Waals surface area contributed by atoms with Crippen molar-refractivity contribution in [3.05, 3.63) is 58.3 Å². The van der Waals surface area contributed by atoms with Crippen molar-refractivity contribution in [1.82, 2.24) is 15.5 Å². The third kappa shape index (κ3) is 4.09. The van der Waals surface area contributed by atoms with Crippen LogP contribution in [-0.2, 0) is 15.1 Å². The highest BCUT2D eigenvalue weighted by Crippen LogP contribution is 2.30. The van der Waals surface area contributed by atoms with Crippen molar-refractivity contribution in [3.8, 4) is 0 Å². The minimum atomic E-state index is -1.13. The van der Waals surface area contributed by atoms with E-state index in [1.54, 1.807) is 13.0 Å². The summed E-state index contributed by atoms with van der Waals surface area (Å²) in [6, 6.07) is 10.8. The predicted octanol–water partition coefficient (Wildman–Crippen LogP) is 3.42. The molecule has 4 amide bonds. The normalized spacial score (nSPS) is 20.4. The zero-order valence-corrected chi connectivity index (χ0v) is 17.1. The monoisotopic (exact) mass is 399 g/mol. The third-order valence-corrected chi connectivity index (χ3v) is 5.60. The van der Waals surface area contributed by atoms with Gasteiger partial charge in [-0.3, -0.25) is 14.5 Å². The maximum absolute atomic E-state index is 12.9. The van der Waals surface area contributed by atoms with Crippen molar-refractivity contribution < 1.29 is 14.4 Å². The molecule has 6 nitrogen and oxygen atoms in total. The van der Waals surface area contributed by atoms with E-state index in [9.17, 15) is 14.4 Å². The van der Waals surface area contributed by atoms with Crippen molar-refractivity contribution in [2.45, 2.75) is 38.8 Å². The van der Waals surface area contributed by atoms with E-state index in [-0.39, 0.29) is 18.5 Å². The molecular formula is C21H25N3O3S. The Labute approximate surface area is 168 Å². The first kappa shape index (κ1) is 20.1. The lowest BCUT2D eigenvalue weighted by molar-refractivity contribution is -0.135. The summed E-state index contributed by atoms with van der Waals surface area (Å²) in [4.78, 5) is 38.9. The van der Waals surface area contributed by atoms with Gasteiger partial charge >= 0.3 is 6.03 Å². The number of rotatable bonds is 7.